The highest BCUT2D eigenvalue weighted by atomic mass is 32.1. The van der Waals surface area contributed by atoms with Gasteiger partial charge in [0.25, 0.3) is 0 Å². The van der Waals surface area contributed by atoms with Gasteiger partial charge in [0.05, 0.1) is 16.3 Å². The van der Waals surface area contributed by atoms with E-state index in [1.165, 1.54) is 37.7 Å². The minimum absolute atomic E-state index is 0.584. The van der Waals surface area contributed by atoms with Gasteiger partial charge in [0.1, 0.15) is 6.20 Å². The monoisotopic (exact) mass is 426 g/mol. The lowest BCUT2D eigenvalue weighted by Crippen LogP contribution is -2.51. The van der Waals surface area contributed by atoms with Crippen molar-refractivity contribution >= 4 is 22.9 Å². The maximum absolute atomic E-state index is 6.86. The summed E-state index contributed by atoms with van der Waals surface area (Å²) in [6, 6.07) is 14.3. The molecule has 4 heteroatoms. The van der Waals surface area contributed by atoms with Crippen LogP contribution in [0.5, 0.6) is 0 Å². The molecule has 2 N–H and O–H groups in total. The van der Waals surface area contributed by atoms with E-state index in [9.17, 15) is 0 Å². The average molecular weight is 427 g/mol. The Bertz CT molecular complexity index is 1160. The number of fused-ring (bicyclic) bond motifs is 1. The van der Waals surface area contributed by atoms with Crippen LogP contribution in [0.1, 0.15) is 54.3 Å². The topological polar surface area (TPSA) is 38.4 Å². The highest BCUT2D eigenvalue weighted by molar-refractivity contribution is 7.13. The lowest BCUT2D eigenvalue weighted by atomic mass is 9.88. The van der Waals surface area contributed by atoms with Gasteiger partial charge in [-0.15, -0.1) is 11.3 Å². The van der Waals surface area contributed by atoms with Gasteiger partial charge in [-0.05, 0) is 55.7 Å². The van der Waals surface area contributed by atoms with Crippen LogP contribution in [0.3, 0.4) is 0 Å². The number of nitrogens with zero attached hydrogens (tertiary/aromatic N) is 2. The summed E-state index contributed by atoms with van der Waals surface area (Å²) >= 11 is 1.67. The SMILES string of the molecule is CC1=CC2=NC(c3ccc(C#Cc4ccccc4)s3)=C(N)[N+]2(CC2CCCCC2)C=C1. The summed E-state index contributed by atoms with van der Waals surface area (Å²) in [5.41, 5.74) is 10.0. The van der Waals surface area contributed by atoms with Crippen molar-refractivity contribution in [3.63, 3.8) is 0 Å². The molecule has 3 heterocycles. The summed E-state index contributed by atoms with van der Waals surface area (Å²) in [6.45, 7) is 3.14. The van der Waals surface area contributed by atoms with Gasteiger partial charge in [0.2, 0.25) is 11.7 Å². The first-order valence-corrected chi connectivity index (χ1v) is 12.0. The van der Waals surface area contributed by atoms with E-state index >= 15 is 0 Å². The Balaban J connectivity index is 1.47. The van der Waals surface area contributed by atoms with Crippen LogP contribution >= 0.6 is 11.3 Å². The average Bonchev–Trinajstić information content (AvgIpc) is 3.37. The second-order valence-corrected chi connectivity index (χ2v) is 9.83. The molecule has 2 aromatic rings. The van der Waals surface area contributed by atoms with E-state index in [2.05, 4.69) is 49.2 Å². The van der Waals surface area contributed by atoms with Gasteiger partial charge in [-0.2, -0.15) is 9.48 Å². The fourth-order valence-electron chi connectivity index (χ4n) is 4.77. The summed E-state index contributed by atoms with van der Waals surface area (Å²) < 4.78 is 0.584. The van der Waals surface area contributed by atoms with Gasteiger partial charge in [0, 0.05) is 17.6 Å². The zero-order valence-corrected chi connectivity index (χ0v) is 18.8. The van der Waals surface area contributed by atoms with E-state index in [0.29, 0.717) is 10.4 Å². The van der Waals surface area contributed by atoms with Crippen LogP contribution in [-0.4, -0.2) is 16.9 Å². The van der Waals surface area contributed by atoms with Crippen LogP contribution in [0.4, 0.5) is 0 Å². The highest BCUT2D eigenvalue weighted by Crippen LogP contribution is 2.40. The Hall–Kier alpha value is -2.87. The lowest BCUT2D eigenvalue weighted by Gasteiger charge is -2.36. The smallest absolute Gasteiger partial charge is 0.239 e. The van der Waals surface area contributed by atoms with Gasteiger partial charge in [-0.1, -0.05) is 49.3 Å². The second-order valence-electron chi connectivity index (χ2n) is 8.74. The quantitative estimate of drug-likeness (QED) is 0.473. The number of rotatable bonds is 3. The second kappa shape index (κ2) is 8.34. The first-order chi connectivity index (χ1) is 15.1. The van der Waals surface area contributed by atoms with Crippen molar-refractivity contribution in [2.45, 2.75) is 39.0 Å². The van der Waals surface area contributed by atoms with Crippen molar-refractivity contribution < 1.29 is 4.48 Å². The van der Waals surface area contributed by atoms with E-state index < -0.39 is 0 Å². The predicted molar refractivity (Wildman–Crippen MR) is 130 cm³/mol. The Morgan fingerprint density at radius 3 is 2.68 bits per heavy atom. The van der Waals surface area contributed by atoms with Crippen molar-refractivity contribution in [3.05, 3.63) is 87.5 Å². The molecule has 5 rings (SSSR count). The Morgan fingerprint density at radius 2 is 1.87 bits per heavy atom. The third kappa shape index (κ3) is 3.92. The van der Waals surface area contributed by atoms with Crippen molar-refractivity contribution in [2.24, 2.45) is 16.6 Å². The van der Waals surface area contributed by atoms with E-state index in [4.69, 9.17) is 10.7 Å². The molecule has 0 amide bonds. The summed E-state index contributed by atoms with van der Waals surface area (Å²) in [4.78, 5) is 7.19. The molecule has 3 aliphatic rings. The van der Waals surface area contributed by atoms with Crippen molar-refractivity contribution in [1.29, 1.82) is 0 Å². The fourth-order valence-corrected chi connectivity index (χ4v) is 5.63. The summed E-state index contributed by atoms with van der Waals surface area (Å²) in [5, 5.41) is 0. The zero-order valence-electron chi connectivity index (χ0n) is 18.0. The molecule has 1 aromatic carbocycles. The number of quaternary nitrogens is 1. The molecular formula is C27H28N3S+. The molecule has 1 unspecified atom stereocenters. The number of hydrogen-bond donors (Lipinski definition) is 1. The predicted octanol–water partition coefficient (Wildman–Crippen LogP) is 6.02. The number of hydrogen-bond acceptors (Lipinski definition) is 3. The van der Waals surface area contributed by atoms with Crippen molar-refractivity contribution in [3.8, 4) is 11.8 Å². The van der Waals surface area contributed by atoms with Crippen LogP contribution < -0.4 is 5.73 Å². The number of aliphatic imine (C=N–C) groups is 1. The number of benzene rings is 1. The van der Waals surface area contributed by atoms with E-state index in [0.717, 1.165) is 39.2 Å². The molecule has 1 fully saturated rings. The molecule has 1 aromatic heterocycles. The van der Waals surface area contributed by atoms with Crippen LogP contribution in [0.25, 0.3) is 5.70 Å². The first-order valence-electron chi connectivity index (χ1n) is 11.2. The molecular weight excluding hydrogens is 398 g/mol. The molecule has 0 saturated heterocycles. The largest absolute Gasteiger partial charge is 0.352 e. The molecule has 1 saturated carbocycles. The van der Waals surface area contributed by atoms with Crippen LogP contribution in [0.2, 0.25) is 0 Å². The molecule has 31 heavy (non-hydrogen) atoms. The number of allylic oxidation sites excluding steroid dienone is 2. The van der Waals surface area contributed by atoms with E-state index in [-0.39, 0.29) is 0 Å². The summed E-state index contributed by atoms with van der Waals surface area (Å²) in [7, 11) is 0. The van der Waals surface area contributed by atoms with Gasteiger partial charge >= 0.3 is 0 Å². The molecule has 156 valence electrons. The van der Waals surface area contributed by atoms with Gasteiger partial charge in [0.15, 0.2) is 5.70 Å². The third-order valence-electron chi connectivity index (χ3n) is 6.47. The molecule has 1 atom stereocenters. The van der Waals surface area contributed by atoms with Gasteiger partial charge in [-0.3, -0.25) is 0 Å². The lowest BCUT2D eigenvalue weighted by molar-refractivity contribution is -0.749. The summed E-state index contributed by atoms with van der Waals surface area (Å²) in [5.74, 6) is 9.15. The van der Waals surface area contributed by atoms with Crippen LogP contribution in [0, 0.1) is 17.8 Å². The normalized spacial score (nSPS) is 23.1. The molecule has 0 radical (unpaired) electrons. The summed E-state index contributed by atoms with van der Waals surface area (Å²) in [6.07, 6.45) is 13.3. The van der Waals surface area contributed by atoms with Gasteiger partial charge < -0.3 is 5.73 Å². The molecule has 3 nitrogen and oxygen atoms in total. The number of thiophene rings is 1. The third-order valence-corrected chi connectivity index (χ3v) is 7.48. The molecule has 0 bridgehead atoms. The fraction of sp³-hybridized carbons (Fsp3) is 0.296. The zero-order chi connectivity index (χ0) is 21.3. The van der Waals surface area contributed by atoms with E-state index in [1.807, 2.05) is 30.3 Å². The number of amidine groups is 1. The standard InChI is InChI=1S/C27H28N3S/c1-20-16-17-30(19-22-10-6-3-7-11-22)25(18-20)29-26(27(30)28)24-15-14-23(31-24)13-12-21-8-4-2-5-9-21/h2,4-5,8-9,14-18,22H,3,6-7,10-11,19,28H2,1H3/q+1. The Labute approximate surface area is 188 Å². The van der Waals surface area contributed by atoms with E-state index in [1.54, 1.807) is 11.3 Å². The Kier molecular flexibility index (Phi) is 5.40. The maximum Gasteiger partial charge on any atom is 0.239 e. The maximum atomic E-state index is 6.86. The number of nitrogens with two attached hydrogens (primary N) is 1. The minimum Gasteiger partial charge on any atom is -0.352 e. The van der Waals surface area contributed by atoms with Crippen molar-refractivity contribution in [2.75, 3.05) is 6.54 Å². The van der Waals surface area contributed by atoms with Crippen molar-refractivity contribution in [1.82, 2.24) is 0 Å². The molecule has 2 aliphatic heterocycles. The molecule has 0 spiro atoms. The van der Waals surface area contributed by atoms with Crippen LogP contribution in [0.15, 0.2) is 77.2 Å². The highest BCUT2D eigenvalue weighted by Gasteiger charge is 2.46. The Morgan fingerprint density at radius 1 is 1.06 bits per heavy atom. The minimum atomic E-state index is 0.584. The van der Waals surface area contributed by atoms with Crippen LogP contribution in [-0.2, 0) is 0 Å². The molecule has 1 aliphatic carbocycles. The first kappa shape index (κ1) is 20.1. The van der Waals surface area contributed by atoms with Gasteiger partial charge in [-0.25, -0.2) is 0 Å².